The largest absolute Gasteiger partial charge is 0.388 e. The Balaban J connectivity index is 2.75. The van der Waals surface area contributed by atoms with Gasteiger partial charge in [0.25, 0.3) is 0 Å². The summed E-state index contributed by atoms with van der Waals surface area (Å²) in [6.07, 6.45) is -4.77. The number of carbonyl (C=O) groups excluding carboxylic acids is 2. The van der Waals surface area contributed by atoms with Crippen LogP contribution in [0.3, 0.4) is 0 Å². The number of hydrogen-bond donors (Lipinski definition) is 7. The Hall–Kier alpha value is -0.910. The second kappa shape index (κ2) is 7.32. The van der Waals surface area contributed by atoms with Crippen LogP contribution < -0.4 is 10.6 Å². The maximum absolute atomic E-state index is 12.2. The summed E-state index contributed by atoms with van der Waals surface area (Å²) in [6, 6.07) is -0.997. The van der Waals surface area contributed by atoms with Crippen molar-refractivity contribution in [3.63, 3.8) is 0 Å². The molecule has 1 heterocycles. The molecule has 0 aliphatic carbocycles. The minimum absolute atomic E-state index is 0.405. The average Bonchev–Trinajstić information content (AvgIpc) is 2.43. The predicted octanol–water partition coefficient (Wildman–Crippen LogP) is -2.88. The molecule has 2 amide bonds. The third-order valence-corrected chi connectivity index (χ3v) is 3.77. The molecule has 1 saturated heterocycles. The molecule has 1 aliphatic heterocycles. The Labute approximate surface area is 139 Å². The molecule has 0 bridgehead atoms. The van der Waals surface area contributed by atoms with Gasteiger partial charge < -0.3 is 35.8 Å². The van der Waals surface area contributed by atoms with E-state index in [1.807, 2.05) is 0 Å². The van der Waals surface area contributed by atoms with E-state index in [1.54, 1.807) is 13.8 Å². The van der Waals surface area contributed by atoms with E-state index >= 15 is 0 Å². The highest BCUT2D eigenvalue weighted by Crippen LogP contribution is 2.24. The summed E-state index contributed by atoms with van der Waals surface area (Å²) >= 11 is 4.26. The van der Waals surface area contributed by atoms with Crippen LogP contribution >= 0.6 is 12.6 Å². The molecule has 5 atom stereocenters. The van der Waals surface area contributed by atoms with Crippen LogP contribution in [0.4, 0.5) is 0 Å². The Kier molecular flexibility index (Phi) is 6.41. The molecule has 1 aliphatic rings. The van der Waals surface area contributed by atoms with Crippen molar-refractivity contribution in [2.75, 3.05) is 13.2 Å². The number of ether oxygens (including phenoxy) is 1. The van der Waals surface area contributed by atoms with Crippen molar-refractivity contribution in [1.82, 2.24) is 10.6 Å². The Morgan fingerprint density at radius 1 is 1.39 bits per heavy atom. The van der Waals surface area contributed by atoms with Gasteiger partial charge in [-0.1, -0.05) is 0 Å². The van der Waals surface area contributed by atoms with Crippen molar-refractivity contribution in [2.24, 2.45) is 0 Å². The lowest BCUT2D eigenvalue weighted by Crippen LogP contribution is -2.66. The summed E-state index contributed by atoms with van der Waals surface area (Å²) in [6.45, 7) is 3.54. The molecule has 0 aromatic rings. The lowest BCUT2D eigenvalue weighted by Gasteiger charge is -2.42. The van der Waals surface area contributed by atoms with E-state index in [9.17, 15) is 30.0 Å². The molecular formula is C13H24N2O7S. The van der Waals surface area contributed by atoms with E-state index in [4.69, 9.17) is 4.74 Å². The van der Waals surface area contributed by atoms with Gasteiger partial charge >= 0.3 is 0 Å². The number of amides is 2. The van der Waals surface area contributed by atoms with Gasteiger partial charge in [0.1, 0.15) is 24.4 Å². The van der Waals surface area contributed by atoms with Gasteiger partial charge in [-0.3, -0.25) is 9.59 Å². The van der Waals surface area contributed by atoms with Gasteiger partial charge in [0.2, 0.25) is 17.6 Å². The van der Waals surface area contributed by atoms with Crippen LogP contribution in [0.2, 0.25) is 0 Å². The first-order valence-corrected chi connectivity index (χ1v) is 7.51. The number of nitrogens with one attached hydrogen (secondary N) is 2. The van der Waals surface area contributed by atoms with Crippen molar-refractivity contribution in [1.29, 1.82) is 0 Å². The highest BCUT2D eigenvalue weighted by atomic mass is 32.1. The van der Waals surface area contributed by atoms with Crippen LogP contribution in [0.1, 0.15) is 20.8 Å². The zero-order chi connectivity index (χ0) is 18.0. The molecule has 0 aromatic carbocycles. The van der Waals surface area contributed by atoms with E-state index in [0.717, 1.165) is 0 Å². The molecule has 23 heavy (non-hydrogen) atoms. The summed E-state index contributed by atoms with van der Waals surface area (Å²) < 4.78 is 4.04. The number of carbonyl (C=O) groups is 2. The quantitative estimate of drug-likeness (QED) is 0.263. The van der Waals surface area contributed by atoms with Crippen LogP contribution in [-0.2, 0) is 14.3 Å². The zero-order valence-corrected chi connectivity index (χ0v) is 14.1. The van der Waals surface area contributed by atoms with Gasteiger partial charge in [0.05, 0.1) is 13.2 Å². The standard InChI is InChI=1S/C13H24N2O7S/c1-6(16)15-9(12(2,3)23)11(20)14-5-13(21)10(19)8(18)7(17)4-22-13/h7-10,17-19,21,23H,4-5H2,1-3H3,(H,14,20)(H,15,16)/t7-,8-,9+,10+,13-/m1/s1. The van der Waals surface area contributed by atoms with Gasteiger partial charge in [-0.2, -0.15) is 12.6 Å². The summed E-state index contributed by atoms with van der Waals surface area (Å²) in [5.41, 5.74) is 0. The predicted molar refractivity (Wildman–Crippen MR) is 82.6 cm³/mol. The fourth-order valence-corrected chi connectivity index (χ4v) is 2.31. The number of hydrogen-bond acceptors (Lipinski definition) is 8. The molecule has 0 radical (unpaired) electrons. The monoisotopic (exact) mass is 352 g/mol. The topological polar surface area (TPSA) is 148 Å². The summed E-state index contributed by atoms with van der Waals surface area (Å²) in [5.74, 6) is -3.33. The minimum Gasteiger partial charge on any atom is -0.388 e. The van der Waals surface area contributed by atoms with Crippen LogP contribution in [0.5, 0.6) is 0 Å². The van der Waals surface area contributed by atoms with Gasteiger partial charge in [-0.25, -0.2) is 0 Å². The SMILES string of the molecule is CC(=O)N[C@@H](C(=O)NC[C@@]1(O)OC[C@@H](O)[C@@H](O)[C@@H]1O)C(C)(C)S. The second-order valence-corrected chi connectivity index (χ2v) is 7.32. The van der Waals surface area contributed by atoms with Crippen molar-refractivity contribution in [3.05, 3.63) is 0 Å². The molecule has 6 N–H and O–H groups in total. The van der Waals surface area contributed by atoms with E-state index in [-0.39, 0.29) is 0 Å². The number of thiol groups is 1. The number of aliphatic hydroxyl groups is 4. The summed E-state index contributed by atoms with van der Waals surface area (Å²) in [5, 5.41) is 43.7. The number of aliphatic hydroxyl groups excluding tert-OH is 3. The lowest BCUT2D eigenvalue weighted by molar-refractivity contribution is -0.317. The molecule has 10 heteroatoms. The fraction of sp³-hybridized carbons (Fsp3) is 0.846. The highest BCUT2D eigenvalue weighted by molar-refractivity contribution is 7.81. The van der Waals surface area contributed by atoms with Gasteiger partial charge in [0, 0.05) is 11.7 Å². The van der Waals surface area contributed by atoms with Gasteiger partial charge in [0.15, 0.2) is 0 Å². The van der Waals surface area contributed by atoms with Crippen LogP contribution in [-0.4, -0.2) is 80.3 Å². The Morgan fingerprint density at radius 2 is 1.96 bits per heavy atom. The molecule has 0 spiro atoms. The molecular weight excluding hydrogens is 328 g/mol. The summed E-state index contributed by atoms with van der Waals surface area (Å²) in [7, 11) is 0. The van der Waals surface area contributed by atoms with E-state index in [2.05, 4.69) is 23.3 Å². The highest BCUT2D eigenvalue weighted by Gasteiger charge is 2.49. The van der Waals surface area contributed by atoms with E-state index < -0.39 is 59.9 Å². The molecule has 1 rings (SSSR count). The first kappa shape index (κ1) is 20.1. The van der Waals surface area contributed by atoms with Crippen molar-refractivity contribution >= 4 is 24.4 Å². The summed E-state index contributed by atoms with van der Waals surface area (Å²) in [4.78, 5) is 23.4. The van der Waals surface area contributed by atoms with E-state index in [0.29, 0.717) is 0 Å². The first-order valence-electron chi connectivity index (χ1n) is 7.06. The zero-order valence-electron chi connectivity index (χ0n) is 13.2. The van der Waals surface area contributed by atoms with Crippen molar-refractivity contribution in [2.45, 2.75) is 55.7 Å². The molecule has 9 nitrogen and oxygen atoms in total. The third kappa shape index (κ3) is 5.03. The third-order valence-electron chi connectivity index (χ3n) is 3.52. The van der Waals surface area contributed by atoms with Gasteiger partial charge in [-0.15, -0.1) is 0 Å². The Bertz CT molecular complexity index is 456. The van der Waals surface area contributed by atoms with E-state index in [1.165, 1.54) is 6.92 Å². The van der Waals surface area contributed by atoms with Crippen LogP contribution in [0, 0.1) is 0 Å². The average molecular weight is 352 g/mol. The molecule has 0 saturated carbocycles. The molecule has 134 valence electrons. The molecule has 0 unspecified atom stereocenters. The minimum atomic E-state index is -2.25. The number of rotatable bonds is 5. The Morgan fingerprint density at radius 3 is 2.43 bits per heavy atom. The maximum Gasteiger partial charge on any atom is 0.244 e. The fourth-order valence-electron chi connectivity index (χ4n) is 2.13. The lowest BCUT2D eigenvalue weighted by atomic mass is 9.96. The maximum atomic E-state index is 12.2. The first-order chi connectivity index (χ1) is 10.4. The van der Waals surface area contributed by atoms with Crippen LogP contribution in [0.15, 0.2) is 0 Å². The smallest absolute Gasteiger partial charge is 0.244 e. The second-order valence-electron chi connectivity index (χ2n) is 6.16. The van der Waals surface area contributed by atoms with Crippen molar-refractivity contribution < 1.29 is 34.8 Å². The van der Waals surface area contributed by atoms with Crippen molar-refractivity contribution in [3.8, 4) is 0 Å². The molecule has 1 fully saturated rings. The normalized spacial score (nSPS) is 33.0. The molecule has 0 aromatic heterocycles. The van der Waals surface area contributed by atoms with Gasteiger partial charge in [-0.05, 0) is 13.8 Å². The van der Waals surface area contributed by atoms with Crippen LogP contribution in [0.25, 0.3) is 0 Å².